The Labute approximate surface area is 178 Å². The van der Waals surface area contributed by atoms with Gasteiger partial charge in [-0.05, 0) is 47.5 Å². The van der Waals surface area contributed by atoms with Gasteiger partial charge in [-0.25, -0.2) is 4.79 Å². The summed E-state index contributed by atoms with van der Waals surface area (Å²) in [7, 11) is 0. The van der Waals surface area contributed by atoms with Crippen molar-refractivity contribution in [2.24, 2.45) is 0 Å². The second kappa shape index (κ2) is 8.31. The summed E-state index contributed by atoms with van der Waals surface area (Å²) in [5, 5.41) is 18.0. The van der Waals surface area contributed by atoms with E-state index in [0.717, 1.165) is 11.1 Å². The Morgan fingerprint density at radius 3 is 2.35 bits per heavy atom. The zero-order valence-electron chi connectivity index (χ0n) is 16.4. The average molecular weight is 417 g/mol. The van der Waals surface area contributed by atoms with Gasteiger partial charge in [0.2, 0.25) is 0 Å². The molecule has 4 rings (SSSR count). The number of rotatable bonds is 7. The van der Waals surface area contributed by atoms with Crippen LogP contribution in [0.15, 0.2) is 66.7 Å². The molecule has 7 nitrogen and oxygen atoms in total. The van der Waals surface area contributed by atoms with Crippen LogP contribution in [0.3, 0.4) is 0 Å². The highest BCUT2D eigenvalue weighted by Gasteiger charge is 2.31. The van der Waals surface area contributed by atoms with E-state index in [9.17, 15) is 14.4 Å². The third kappa shape index (κ3) is 4.25. The minimum atomic E-state index is -1.02. The van der Waals surface area contributed by atoms with Crippen molar-refractivity contribution in [1.29, 1.82) is 0 Å². The normalized spacial score (nSPS) is 12.5. The number of carbonyl (C=O) groups is 3. The molecular formula is C24H19NO6. The van der Waals surface area contributed by atoms with Crippen LogP contribution in [0.2, 0.25) is 0 Å². The summed E-state index contributed by atoms with van der Waals surface area (Å²) in [6.45, 7) is 0.557. The zero-order chi connectivity index (χ0) is 22.0. The first-order valence-electron chi connectivity index (χ1n) is 9.62. The first kappa shape index (κ1) is 20.2. The summed E-state index contributed by atoms with van der Waals surface area (Å²) in [4.78, 5) is 36.4. The van der Waals surface area contributed by atoms with E-state index in [1.54, 1.807) is 53.4 Å². The van der Waals surface area contributed by atoms with Crippen LogP contribution in [0.1, 0.15) is 37.4 Å². The Hall–Kier alpha value is -4.13. The average Bonchev–Trinajstić information content (AvgIpc) is 3.09. The molecule has 0 saturated heterocycles. The predicted molar refractivity (Wildman–Crippen MR) is 112 cm³/mol. The van der Waals surface area contributed by atoms with Crippen molar-refractivity contribution in [3.05, 3.63) is 94.5 Å². The van der Waals surface area contributed by atoms with Gasteiger partial charge in [-0.15, -0.1) is 0 Å². The predicted octanol–water partition coefficient (Wildman–Crippen LogP) is 3.75. The van der Waals surface area contributed by atoms with Crippen LogP contribution in [0, 0.1) is 0 Å². The number of hydrogen-bond donors (Lipinski definition) is 2. The fourth-order valence-corrected chi connectivity index (χ4v) is 3.60. The van der Waals surface area contributed by atoms with Crippen molar-refractivity contribution in [3.8, 4) is 5.75 Å². The molecular weight excluding hydrogens is 398 g/mol. The molecule has 0 bridgehead atoms. The molecule has 156 valence electrons. The first-order chi connectivity index (χ1) is 14.9. The van der Waals surface area contributed by atoms with Gasteiger partial charge < -0.3 is 19.8 Å². The molecule has 1 aliphatic rings. The van der Waals surface area contributed by atoms with Gasteiger partial charge >= 0.3 is 11.9 Å². The number of hydrogen-bond acceptors (Lipinski definition) is 4. The standard InChI is InChI=1S/C24H19NO6/c26-22(27)12-15-3-1-4-16(11-15)14-31-21-6-2-5-19-20(21)13-25(23(19)28)18-9-7-17(8-10-18)24(29)30/h1-11H,12-14H2,(H,26,27)(H,29,30). The summed E-state index contributed by atoms with van der Waals surface area (Å²) in [6, 6.07) is 18.6. The number of aliphatic carboxylic acids is 1. The fourth-order valence-electron chi connectivity index (χ4n) is 3.60. The number of amides is 1. The maximum absolute atomic E-state index is 12.9. The molecule has 1 heterocycles. The Morgan fingerprint density at radius 1 is 0.935 bits per heavy atom. The van der Waals surface area contributed by atoms with Crippen molar-refractivity contribution < 1.29 is 29.3 Å². The van der Waals surface area contributed by atoms with Gasteiger partial charge in [0.25, 0.3) is 5.91 Å². The van der Waals surface area contributed by atoms with Crippen LogP contribution < -0.4 is 9.64 Å². The summed E-state index contributed by atoms with van der Waals surface area (Å²) in [6.07, 6.45) is -0.0568. The number of carbonyl (C=O) groups excluding carboxylic acids is 1. The van der Waals surface area contributed by atoms with Gasteiger partial charge in [0.15, 0.2) is 0 Å². The third-order valence-electron chi connectivity index (χ3n) is 5.09. The van der Waals surface area contributed by atoms with E-state index in [0.29, 0.717) is 29.1 Å². The smallest absolute Gasteiger partial charge is 0.335 e. The maximum Gasteiger partial charge on any atom is 0.335 e. The zero-order valence-corrected chi connectivity index (χ0v) is 16.4. The van der Waals surface area contributed by atoms with E-state index in [1.807, 2.05) is 6.07 Å². The molecule has 31 heavy (non-hydrogen) atoms. The molecule has 1 aliphatic heterocycles. The number of aromatic carboxylic acids is 1. The third-order valence-corrected chi connectivity index (χ3v) is 5.09. The Morgan fingerprint density at radius 2 is 1.65 bits per heavy atom. The molecule has 1 amide bonds. The number of anilines is 1. The van der Waals surface area contributed by atoms with E-state index in [1.165, 1.54) is 12.1 Å². The van der Waals surface area contributed by atoms with Crippen molar-refractivity contribution in [1.82, 2.24) is 0 Å². The molecule has 7 heteroatoms. The number of benzene rings is 3. The van der Waals surface area contributed by atoms with Gasteiger partial charge in [-0.3, -0.25) is 9.59 Å². The second-order valence-corrected chi connectivity index (χ2v) is 7.20. The molecule has 0 fully saturated rings. The van der Waals surface area contributed by atoms with Gasteiger partial charge in [-0.1, -0.05) is 30.3 Å². The molecule has 3 aromatic carbocycles. The lowest BCUT2D eigenvalue weighted by atomic mass is 10.1. The van der Waals surface area contributed by atoms with Crippen LogP contribution in [0.5, 0.6) is 5.75 Å². The molecule has 3 aromatic rings. The highest BCUT2D eigenvalue weighted by molar-refractivity contribution is 6.10. The molecule has 2 N–H and O–H groups in total. The van der Waals surface area contributed by atoms with Crippen LogP contribution in [0.4, 0.5) is 5.69 Å². The number of carboxylic acids is 2. The Bertz CT molecular complexity index is 1170. The Balaban J connectivity index is 1.52. The highest BCUT2D eigenvalue weighted by Crippen LogP contribution is 2.34. The summed E-state index contributed by atoms with van der Waals surface area (Å²) < 4.78 is 5.97. The molecule has 0 saturated carbocycles. The lowest BCUT2D eigenvalue weighted by Crippen LogP contribution is -2.22. The second-order valence-electron chi connectivity index (χ2n) is 7.20. The van der Waals surface area contributed by atoms with Crippen molar-refractivity contribution in [3.63, 3.8) is 0 Å². The van der Waals surface area contributed by atoms with E-state index < -0.39 is 11.9 Å². The summed E-state index contributed by atoms with van der Waals surface area (Å²) >= 11 is 0. The van der Waals surface area contributed by atoms with Crippen LogP contribution in [-0.4, -0.2) is 28.1 Å². The quantitative estimate of drug-likeness (QED) is 0.607. The highest BCUT2D eigenvalue weighted by atomic mass is 16.5. The SMILES string of the molecule is O=C(O)Cc1cccc(COc2cccc3c2CN(c2ccc(C(=O)O)cc2)C3=O)c1. The topological polar surface area (TPSA) is 104 Å². The van der Waals surface area contributed by atoms with E-state index in [2.05, 4.69) is 0 Å². The monoisotopic (exact) mass is 417 g/mol. The van der Waals surface area contributed by atoms with Crippen molar-refractivity contribution in [2.75, 3.05) is 4.90 Å². The minimum Gasteiger partial charge on any atom is -0.489 e. The van der Waals surface area contributed by atoms with E-state index >= 15 is 0 Å². The molecule has 0 atom stereocenters. The number of carboxylic acid groups (broad SMARTS) is 2. The first-order valence-corrected chi connectivity index (χ1v) is 9.62. The number of ether oxygens (including phenoxy) is 1. The fraction of sp³-hybridized carbons (Fsp3) is 0.125. The van der Waals surface area contributed by atoms with Gasteiger partial charge in [0, 0.05) is 16.8 Å². The molecule has 0 aliphatic carbocycles. The number of fused-ring (bicyclic) bond motifs is 1. The van der Waals surface area contributed by atoms with Crippen LogP contribution >= 0.6 is 0 Å². The van der Waals surface area contributed by atoms with E-state index in [-0.39, 0.29) is 24.5 Å². The molecule has 0 aromatic heterocycles. The van der Waals surface area contributed by atoms with Crippen molar-refractivity contribution in [2.45, 2.75) is 19.6 Å². The van der Waals surface area contributed by atoms with Crippen LogP contribution in [0.25, 0.3) is 0 Å². The van der Waals surface area contributed by atoms with Crippen LogP contribution in [-0.2, 0) is 24.4 Å². The summed E-state index contributed by atoms with van der Waals surface area (Å²) in [5.41, 5.74) is 3.59. The maximum atomic E-state index is 12.9. The number of nitrogens with zero attached hydrogens (tertiary/aromatic N) is 1. The van der Waals surface area contributed by atoms with Crippen molar-refractivity contribution >= 4 is 23.5 Å². The Kier molecular flexibility index (Phi) is 5.41. The van der Waals surface area contributed by atoms with Gasteiger partial charge in [0.1, 0.15) is 12.4 Å². The molecule has 0 unspecified atom stereocenters. The lowest BCUT2D eigenvalue weighted by molar-refractivity contribution is -0.136. The molecule has 0 spiro atoms. The summed E-state index contributed by atoms with van der Waals surface area (Å²) in [5.74, 6) is -1.51. The largest absolute Gasteiger partial charge is 0.489 e. The molecule has 0 radical (unpaired) electrons. The van der Waals surface area contributed by atoms with Gasteiger partial charge in [0.05, 0.1) is 18.5 Å². The van der Waals surface area contributed by atoms with Gasteiger partial charge in [-0.2, -0.15) is 0 Å². The van der Waals surface area contributed by atoms with E-state index in [4.69, 9.17) is 14.9 Å². The lowest BCUT2D eigenvalue weighted by Gasteiger charge is -2.16. The minimum absolute atomic E-state index is 0.0568.